The number of unbranched alkanes of at least 4 members (excludes halogenated alkanes) is 2. The van der Waals surface area contributed by atoms with Gasteiger partial charge < -0.3 is 4.74 Å². The van der Waals surface area contributed by atoms with Crippen LogP contribution < -0.4 is 0 Å². The quantitative estimate of drug-likeness (QED) is 0.478. The van der Waals surface area contributed by atoms with Gasteiger partial charge in [0.2, 0.25) is 0 Å². The van der Waals surface area contributed by atoms with Crippen molar-refractivity contribution < 1.29 is 9.53 Å². The van der Waals surface area contributed by atoms with Crippen molar-refractivity contribution in [1.82, 2.24) is 0 Å². The maximum Gasteiger partial charge on any atom is 0.309 e. The van der Waals surface area contributed by atoms with Crippen LogP contribution in [0.25, 0.3) is 0 Å². The molecule has 1 aliphatic rings. The zero-order valence-electron chi connectivity index (χ0n) is 8.01. The van der Waals surface area contributed by atoms with Crippen molar-refractivity contribution in [3.05, 3.63) is 0 Å². The zero-order valence-corrected chi connectivity index (χ0v) is 8.01. The van der Waals surface area contributed by atoms with Crippen LogP contribution in [-0.4, -0.2) is 12.1 Å². The standard InChI is InChI=1S/C10H18O2/c1-3-4-5-6-9-7-8(2)10(11)12-9/h8-9H,3-7H2,1-2H3/t8-,9-/m1/s1. The van der Waals surface area contributed by atoms with Crippen LogP contribution in [0.15, 0.2) is 0 Å². The molecular weight excluding hydrogens is 152 g/mol. The summed E-state index contributed by atoms with van der Waals surface area (Å²) >= 11 is 0. The first kappa shape index (κ1) is 9.56. The minimum Gasteiger partial charge on any atom is -0.462 e. The van der Waals surface area contributed by atoms with E-state index in [4.69, 9.17) is 4.74 Å². The maximum atomic E-state index is 11.0. The molecule has 1 aliphatic heterocycles. The molecule has 0 spiro atoms. The SMILES string of the molecule is CCCCC[C@@H]1C[C@@H](C)C(=O)O1. The molecule has 1 rings (SSSR count). The van der Waals surface area contributed by atoms with Gasteiger partial charge in [0.25, 0.3) is 0 Å². The summed E-state index contributed by atoms with van der Waals surface area (Å²) in [7, 11) is 0. The van der Waals surface area contributed by atoms with Crippen LogP contribution in [0.3, 0.4) is 0 Å². The number of esters is 1. The Kier molecular flexibility index (Phi) is 3.57. The molecule has 2 nitrogen and oxygen atoms in total. The molecule has 2 heteroatoms. The van der Waals surface area contributed by atoms with Crippen molar-refractivity contribution in [3.63, 3.8) is 0 Å². The molecule has 0 radical (unpaired) electrons. The highest BCUT2D eigenvalue weighted by Crippen LogP contribution is 2.24. The fourth-order valence-electron chi connectivity index (χ4n) is 1.62. The third kappa shape index (κ3) is 2.50. The van der Waals surface area contributed by atoms with E-state index >= 15 is 0 Å². The summed E-state index contributed by atoms with van der Waals surface area (Å²) in [6.07, 6.45) is 5.89. The van der Waals surface area contributed by atoms with Crippen molar-refractivity contribution in [2.45, 2.75) is 52.1 Å². The van der Waals surface area contributed by atoms with E-state index in [1.807, 2.05) is 6.92 Å². The van der Waals surface area contributed by atoms with Gasteiger partial charge in [0.05, 0.1) is 5.92 Å². The number of rotatable bonds is 4. The molecule has 0 amide bonds. The summed E-state index contributed by atoms with van der Waals surface area (Å²) < 4.78 is 5.18. The second-order valence-corrected chi connectivity index (χ2v) is 3.69. The Bertz CT molecular complexity index is 154. The van der Waals surface area contributed by atoms with E-state index in [2.05, 4.69) is 6.92 Å². The van der Waals surface area contributed by atoms with Gasteiger partial charge >= 0.3 is 5.97 Å². The van der Waals surface area contributed by atoms with Crippen molar-refractivity contribution in [3.8, 4) is 0 Å². The minimum absolute atomic E-state index is 0.00324. The summed E-state index contributed by atoms with van der Waals surface area (Å²) in [5.41, 5.74) is 0. The number of carbonyl (C=O) groups is 1. The molecule has 0 unspecified atom stereocenters. The summed E-state index contributed by atoms with van der Waals surface area (Å²) in [5.74, 6) is 0.133. The molecule has 0 aromatic rings. The molecule has 0 saturated carbocycles. The first-order valence-corrected chi connectivity index (χ1v) is 4.94. The van der Waals surface area contributed by atoms with Crippen molar-refractivity contribution in [2.75, 3.05) is 0 Å². The highest BCUT2D eigenvalue weighted by molar-refractivity contribution is 5.74. The first-order valence-electron chi connectivity index (χ1n) is 4.94. The van der Waals surface area contributed by atoms with Gasteiger partial charge in [0.1, 0.15) is 6.10 Å². The molecule has 1 fully saturated rings. The fourth-order valence-corrected chi connectivity index (χ4v) is 1.62. The monoisotopic (exact) mass is 170 g/mol. The van der Waals surface area contributed by atoms with Crippen molar-refractivity contribution in [2.24, 2.45) is 5.92 Å². The third-order valence-corrected chi connectivity index (χ3v) is 2.43. The molecule has 0 aromatic heterocycles. The van der Waals surface area contributed by atoms with Crippen LogP contribution in [0.4, 0.5) is 0 Å². The molecule has 0 bridgehead atoms. The molecule has 1 saturated heterocycles. The fraction of sp³-hybridized carbons (Fsp3) is 0.900. The lowest BCUT2D eigenvalue weighted by Gasteiger charge is -2.07. The molecule has 2 atom stereocenters. The van der Waals surface area contributed by atoms with E-state index < -0.39 is 0 Å². The van der Waals surface area contributed by atoms with Crippen LogP contribution in [0, 0.1) is 5.92 Å². The lowest BCUT2D eigenvalue weighted by atomic mass is 10.0. The van der Waals surface area contributed by atoms with E-state index in [1.165, 1.54) is 19.3 Å². The largest absolute Gasteiger partial charge is 0.462 e. The average Bonchev–Trinajstić information content (AvgIpc) is 2.32. The molecule has 1 heterocycles. The summed E-state index contributed by atoms with van der Waals surface area (Å²) in [6.45, 7) is 4.13. The van der Waals surface area contributed by atoms with Gasteiger partial charge in [0.15, 0.2) is 0 Å². The molecule has 70 valence electrons. The molecule has 0 N–H and O–H groups in total. The van der Waals surface area contributed by atoms with Gasteiger partial charge in [-0.3, -0.25) is 4.79 Å². The third-order valence-electron chi connectivity index (χ3n) is 2.43. The van der Waals surface area contributed by atoms with Gasteiger partial charge in [0, 0.05) is 0 Å². The van der Waals surface area contributed by atoms with Crippen molar-refractivity contribution >= 4 is 5.97 Å². The topological polar surface area (TPSA) is 26.3 Å². The Labute approximate surface area is 74.3 Å². The Morgan fingerprint density at radius 3 is 2.75 bits per heavy atom. The Hall–Kier alpha value is -0.530. The smallest absolute Gasteiger partial charge is 0.309 e. The summed E-state index contributed by atoms with van der Waals surface area (Å²) in [5, 5.41) is 0. The van der Waals surface area contributed by atoms with Gasteiger partial charge in [-0.25, -0.2) is 0 Å². The van der Waals surface area contributed by atoms with Gasteiger partial charge in [-0.15, -0.1) is 0 Å². The Morgan fingerprint density at radius 2 is 2.25 bits per heavy atom. The number of ether oxygens (including phenoxy) is 1. The molecule has 0 aromatic carbocycles. The van der Waals surface area contributed by atoms with Crippen molar-refractivity contribution in [1.29, 1.82) is 0 Å². The second kappa shape index (κ2) is 4.48. The number of hydrogen-bond donors (Lipinski definition) is 0. The highest BCUT2D eigenvalue weighted by atomic mass is 16.5. The summed E-state index contributed by atoms with van der Waals surface area (Å²) in [4.78, 5) is 11.0. The first-order chi connectivity index (χ1) is 5.74. The number of cyclic esters (lactones) is 1. The van der Waals surface area contributed by atoms with E-state index in [-0.39, 0.29) is 18.0 Å². The predicted octanol–water partition coefficient (Wildman–Crippen LogP) is 2.52. The Balaban J connectivity index is 2.14. The van der Waals surface area contributed by atoms with Crippen LogP contribution in [-0.2, 0) is 9.53 Å². The molecule has 12 heavy (non-hydrogen) atoms. The van der Waals surface area contributed by atoms with Gasteiger partial charge in [-0.1, -0.05) is 26.7 Å². The lowest BCUT2D eigenvalue weighted by Crippen LogP contribution is -2.06. The van der Waals surface area contributed by atoms with Crippen LogP contribution >= 0.6 is 0 Å². The van der Waals surface area contributed by atoms with E-state index in [9.17, 15) is 4.79 Å². The highest BCUT2D eigenvalue weighted by Gasteiger charge is 2.29. The molecular formula is C10H18O2. The lowest BCUT2D eigenvalue weighted by molar-refractivity contribution is -0.144. The summed E-state index contributed by atoms with van der Waals surface area (Å²) in [6, 6.07) is 0. The predicted molar refractivity (Wildman–Crippen MR) is 47.8 cm³/mol. The van der Waals surface area contributed by atoms with E-state index in [0.717, 1.165) is 12.8 Å². The molecule has 0 aliphatic carbocycles. The van der Waals surface area contributed by atoms with Crippen LogP contribution in [0.1, 0.15) is 46.0 Å². The normalized spacial score (nSPS) is 29.0. The van der Waals surface area contributed by atoms with Gasteiger partial charge in [-0.05, 0) is 19.3 Å². The minimum atomic E-state index is -0.00324. The second-order valence-electron chi connectivity index (χ2n) is 3.69. The number of hydrogen-bond acceptors (Lipinski definition) is 2. The van der Waals surface area contributed by atoms with E-state index in [0.29, 0.717) is 0 Å². The zero-order chi connectivity index (χ0) is 8.97. The Morgan fingerprint density at radius 1 is 1.50 bits per heavy atom. The number of carbonyl (C=O) groups excluding carboxylic acids is 1. The van der Waals surface area contributed by atoms with Gasteiger partial charge in [-0.2, -0.15) is 0 Å². The van der Waals surface area contributed by atoms with Crippen LogP contribution in [0.5, 0.6) is 0 Å². The average molecular weight is 170 g/mol. The van der Waals surface area contributed by atoms with Crippen LogP contribution in [0.2, 0.25) is 0 Å². The van der Waals surface area contributed by atoms with E-state index in [1.54, 1.807) is 0 Å². The maximum absolute atomic E-state index is 11.0.